The Hall–Kier alpha value is -3.48. The maximum Gasteiger partial charge on any atom is 0.274 e. The van der Waals surface area contributed by atoms with Gasteiger partial charge in [0.05, 0.1) is 11.1 Å². The lowest BCUT2D eigenvalue weighted by molar-refractivity contribution is -0.385. The lowest BCUT2D eigenvalue weighted by Crippen LogP contribution is -2.12. The molecule has 0 spiro atoms. The second-order valence-corrected chi connectivity index (χ2v) is 7.40. The standard InChI is InChI=1S/C23H25N3O4/c1-4-16-9-10-19(13-20(16)26(28)29)25-22(27)11-12-23-24-14-21(30-23)18-7-5-17(6-8-18)15(2)3/h5-10,13-15H,4,11-12H2,1-3H3,(H,25,27). The van der Waals surface area contributed by atoms with E-state index in [0.717, 1.165) is 5.56 Å². The molecule has 30 heavy (non-hydrogen) atoms. The summed E-state index contributed by atoms with van der Waals surface area (Å²) in [5, 5.41) is 13.9. The third kappa shape index (κ3) is 5.11. The van der Waals surface area contributed by atoms with Crippen molar-refractivity contribution in [2.75, 3.05) is 5.32 Å². The van der Waals surface area contributed by atoms with Gasteiger partial charge in [0.25, 0.3) is 5.69 Å². The van der Waals surface area contributed by atoms with Crippen LogP contribution in [0.5, 0.6) is 0 Å². The van der Waals surface area contributed by atoms with Crippen LogP contribution in [0.3, 0.4) is 0 Å². The normalized spacial score (nSPS) is 10.9. The molecule has 1 amide bonds. The van der Waals surface area contributed by atoms with Crippen LogP contribution in [-0.2, 0) is 17.6 Å². The van der Waals surface area contributed by atoms with Crippen LogP contribution in [0, 0.1) is 10.1 Å². The number of anilines is 1. The van der Waals surface area contributed by atoms with E-state index in [1.165, 1.54) is 11.6 Å². The Morgan fingerprint density at radius 3 is 2.57 bits per heavy atom. The molecule has 0 fully saturated rings. The molecule has 7 nitrogen and oxygen atoms in total. The number of benzene rings is 2. The second-order valence-electron chi connectivity index (χ2n) is 7.40. The molecule has 1 aromatic heterocycles. The minimum Gasteiger partial charge on any atom is -0.441 e. The zero-order valence-electron chi connectivity index (χ0n) is 17.3. The van der Waals surface area contributed by atoms with Gasteiger partial charge in [-0.1, -0.05) is 51.1 Å². The molecule has 7 heteroatoms. The van der Waals surface area contributed by atoms with Crippen LogP contribution in [-0.4, -0.2) is 15.8 Å². The molecule has 0 aliphatic heterocycles. The number of amides is 1. The highest BCUT2D eigenvalue weighted by Gasteiger charge is 2.15. The van der Waals surface area contributed by atoms with E-state index in [9.17, 15) is 14.9 Å². The first kappa shape index (κ1) is 21.2. The average molecular weight is 407 g/mol. The maximum atomic E-state index is 12.2. The van der Waals surface area contributed by atoms with Crippen LogP contribution in [0.25, 0.3) is 11.3 Å². The molecule has 0 bridgehead atoms. The summed E-state index contributed by atoms with van der Waals surface area (Å²) < 4.78 is 5.77. The molecule has 1 N–H and O–H groups in total. The monoisotopic (exact) mass is 407 g/mol. The molecule has 3 rings (SSSR count). The van der Waals surface area contributed by atoms with Gasteiger partial charge < -0.3 is 9.73 Å². The molecular weight excluding hydrogens is 382 g/mol. The first-order valence-electron chi connectivity index (χ1n) is 9.99. The fraction of sp³-hybridized carbons (Fsp3) is 0.304. The maximum absolute atomic E-state index is 12.2. The number of carbonyl (C=O) groups excluding carboxylic acids is 1. The molecule has 156 valence electrons. The number of nitrogens with one attached hydrogen (secondary N) is 1. The predicted molar refractivity (Wildman–Crippen MR) is 115 cm³/mol. The van der Waals surface area contributed by atoms with Crippen LogP contribution in [0.1, 0.15) is 50.1 Å². The van der Waals surface area contributed by atoms with Crippen molar-refractivity contribution in [1.82, 2.24) is 4.98 Å². The van der Waals surface area contributed by atoms with Crippen molar-refractivity contribution in [1.29, 1.82) is 0 Å². The molecular formula is C23H25N3O4. The number of nitro groups is 1. The van der Waals surface area contributed by atoms with Gasteiger partial charge in [-0.2, -0.15) is 0 Å². The van der Waals surface area contributed by atoms with Gasteiger partial charge in [0.1, 0.15) is 0 Å². The van der Waals surface area contributed by atoms with E-state index in [2.05, 4.69) is 36.3 Å². The summed E-state index contributed by atoms with van der Waals surface area (Å²) in [5.41, 5.74) is 3.23. The van der Waals surface area contributed by atoms with Crippen LogP contribution in [0.2, 0.25) is 0 Å². The van der Waals surface area contributed by atoms with E-state index in [0.29, 0.717) is 41.7 Å². The zero-order chi connectivity index (χ0) is 21.7. The predicted octanol–water partition coefficient (Wildman–Crippen LogP) is 5.51. The topological polar surface area (TPSA) is 98.3 Å². The summed E-state index contributed by atoms with van der Waals surface area (Å²) in [7, 11) is 0. The van der Waals surface area contributed by atoms with Crippen molar-refractivity contribution in [3.05, 3.63) is 75.8 Å². The lowest BCUT2D eigenvalue weighted by atomic mass is 10.0. The van der Waals surface area contributed by atoms with Crippen molar-refractivity contribution in [2.45, 2.75) is 46.0 Å². The first-order chi connectivity index (χ1) is 14.4. The molecule has 0 saturated carbocycles. The number of hydrogen-bond acceptors (Lipinski definition) is 5. The number of hydrogen-bond donors (Lipinski definition) is 1. The van der Waals surface area contributed by atoms with Crippen LogP contribution >= 0.6 is 0 Å². The van der Waals surface area contributed by atoms with Gasteiger partial charge >= 0.3 is 0 Å². The number of oxazole rings is 1. The molecule has 0 saturated heterocycles. The van der Waals surface area contributed by atoms with Crippen molar-refractivity contribution in [2.24, 2.45) is 0 Å². The van der Waals surface area contributed by atoms with E-state index < -0.39 is 4.92 Å². The van der Waals surface area contributed by atoms with Gasteiger partial charge in [-0.05, 0) is 24.0 Å². The summed E-state index contributed by atoms with van der Waals surface area (Å²) in [6, 6.07) is 12.9. The summed E-state index contributed by atoms with van der Waals surface area (Å²) in [4.78, 5) is 27.2. The summed E-state index contributed by atoms with van der Waals surface area (Å²) in [6.07, 6.45) is 2.71. The van der Waals surface area contributed by atoms with Crippen LogP contribution in [0.4, 0.5) is 11.4 Å². The number of rotatable bonds is 8. The molecule has 0 aliphatic carbocycles. The second kappa shape index (κ2) is 9.35. The van der Waals surface area contributed by atoms with E-state index in [-0.39, 0.29) is 18.0 Å². The quantitative estimate of drug-likeness (QED) is 0.392. The third-order valence-corrected chi connectivity index (χ3v) is 4.93. The third-order valence-electron chi connectivity index (χ3n) is 4.93. The van der Waals surface area contributed by atoms with Gasteiger partial charge in [-0.3, -0.25) is 14.9 Å². The summed E-state index contributed by atoms with van der Waals surface area (Å²) in [5.74, 6) is 1.34. The van der Waals surface area contributed by atoms with E-state index in [1.807, 2.05) is 19.1 Å². The SMILES string of the molecule is CCc1ccc(NC(=O)CCc2ncc(-c3ccc(C(C)C)cc3)o2)cc1[N+](=O)[O-]. The minimum atomic E-state index is -0.434. The Kier molecular flexibility index (Phi) is 6.61. The molecule has 3 aromatic rings. The van der Waals surface area contributed by atoms with Gasteiger partial charge in [0, 0.05) is 35.7 Å². The number of nitrogens with zero attached hydrogens (tertiary/aromatic N) is 2. The lowest BCUT2D eigenvalue weighted by Gasteiger charge is -2.06. The van der Waals surface area contributed by atoms with E-state index in [1.54, 1.807) is 18.3 Å². The molecule has 0 unspecified atom stereocenters. The highest BCUT2D eigenvalue weighted by molar-refractivity contribution is 5.91. The Labute approximate surface area is 175 Å². The molecule has 0 atom stereocenters. The van der Waals surface area contributed by atoms with Crippen LogP contribution < -0.4 is 5.32 Å². The van der Waals surface area contributed by atoms with E-state index >= 15 is 0 Å². The average Bonchev–Trinajstić information content (AvgIpc) is 3.21. The smallest absolute Gasteiger partial charge is 0.274 e. The van der Waals surface area contributed by atoms with Gasteiger partial charge in [-0.15, -0.1) is 0 Å². The Morgan fingerprint density at radius 1 is 1.20 bits per heavy atom. The van der Waals surface area contributed by atoms with Gasteiger partial charge in [-0.25, -0.2) is 4.98 Å². The van der Waals surface area contributed by atoms with Crippen molar-refractivity contribution < 1.29 is 14.1 Å². The highest BCUT2D eigenvalue weighted by Crippen LogP contribution is 2.25. The van der Waals surface area contributed by atoms with Crippen LogP contribution in [0.15, 0.2) is 53.1 Å². The van der Waals surface area contributed by atoms with Crippen molar-refractivity contribution in [3.63, 3.8) is 0 Å². The van der Waals surface area contributed by atoms with Gasteiger partial charge in [0.15, 0.2) is 11.7 Å². The summed E-state index contributed by atoms with van der Waals surface area (Å²) in [6.45, 7) is 6.13. The zero-order valence-corrected chi connectivity index (χ0v) is 17.3. The number of nitro benzene ring substituents is 1. The first-order valence-corrected chi connectivity index (χ1v) is 9.99. The van der Waals surface area contributed by atoms with Gasteiger partial charge in [0.2, 0.25) is 5.91 Å². The molecule has 2 aromatic carbocycles. The van der Waals surface area contributed by atoms with Crippen molar-refractivity contribution >= 4 is 17.3 Å². The number of aromatic nitrogens is 1. The van der Waals surface area contributed by atoms with E-state index in [4.69, 9.17) is 4.42 Å². The fourth-order valence-corrected chi connectivity index (χ4v) is 3.15. The molecule has 0 radical (unpaired) electrons. The Bertz CT molecular complexity index is 1040. The Balaban J connectivity index is 1.59. The van der Waals surface area contributed by atoms with Crippen molar-refractivity contribution in [3.8, 4) is 11.3 Å². The minimum absolute atomic E-state index is 0.0103. The molecule has 0 aliphatic rings. The Morgan fingerprint density at radius 2 is 1.93 bits per heavy atom. The fourth-order valence-electron chi connectivity index (χ4n) is 3.15. The number of carbonyl (C=O) groups is 1. The molecule has 1 heterocycles. The largest absolute Gasteiger partial charge is 0.441 e. The number of aryl methyl sites for hydroxylation is 2. The summed E-state index contributed by atoms with van der Waals surface area (Å²) >= 11 is 0. The highest BCUT2D eigenvalue weighted by atomic mass is 16.6.